The molecule has 1 atom stereocenters. The van der Waals surface area contributed by atoms with Crippen LogP contribution in [0.15, 0.2) is 0 Å². The maximum Gasteiger partial charge on any atom is 1.00 e. The number of hydrogen-bond donors (Lipinski definition) is 0. The first-order chi connectivity index (χ1) is 4.50. The quantitative estimate of drug-likeness (QED) is 0.228. The molecule has 58 valence electrons. The van der Waals surface area contributed by atoms with Gasteiger partial charge in [0.2, 0.25) is 5.44 Å². The SMILES string of the molecule is O=C1OCC(S(=O)(=O)[O-])O1.[Li+]. The molecule has 11 heavy (non-hydrogen) atoms. The Labute approximate surface area is 74.8 Å². The average molecular weight is 174 g/mol. The zero-order valence-electron chi connectivity index (χ0n) is 5.64. The summed E-state index contributed by atoms with van der Waals surface area (Å²) >= 11 is 0. The Morgan fingerprint density at radius 3 is 2.27 bits per heavy atom. The predicted octanol–water partition coefficient (Wildman–Crippen LogP) is -3.97. The van der Waals surface area contributed by atoms with Gasteiger partial charge in [0.1, 0.15) is 16.7 Å². The van der Waals surface area contributed by atoms with E-state index in [1.807, 2.05) is 0 Å². The van der Waals surface area contributed by atoms with Crippen molar-refractivity contribution in [3.8, 4) is 0 Å². The van der Waals surface area contributed by atoms with Crippen molar-refractivity contribution < 1.29 is 46.1 Å². The minimum absolute atomic E-state index is 0. The van der Waals surface area contributed by atoms with Crippen LogP contribution in [-0.4, -0.2) is 31.2 Å². The van der Waals surface area contributed by atoms with Gasteiger partial charge in [0, 0.05) is 0 Å². The summed E-state index contributed by atoms with van der Waals surface area (Å²) in [4.78, 5) is 10.1. The summed E-state index contributed by atoms with van der Waals surface area (Å²) in [6, 6.07) is 0. The molecule has 1 heterocycles. The van der Waals surface area contributed by atoms with Crippen molar-refractivity contribution >= 4 is 16.3 Å². The molecule has 1 aliphatic rings. The molecule has 0 N–H and O–H groups in total. The van der Waals surface area contributed by atoms with Crippen molar-refractivity contribution in [3.05, 3.63) is 0 Å². The first-order valence-electron chi connectivity index (χ1n) is 2.28. The van der Waals surface area contributed by atoms with Crippen LogP contribution in [-0.2, 0) is 19.6 Å². The van der Waals surface area contributed by atoms with Gasteiger partial charge in [-0.2, -0.15) is 0 Å². The van der Waals surface area contributed by atoms with E-state index >= 15 is 0 Å². The van der Waals surface area contributed by atoms with Crippen molar-refractivity contribution in [1.29, 1.82) is 0 Å². The van der Waals surface area contributed by atoms with E-state index < -0.39 is 28.3 Å². The van der Waals surface area contributed by atoms with Crippen LogP contribution < -0.4 is 18.9 Å². The third-order valence-electron chi connectivity index (χ3n) is 0.887. The van der Waals surface area contributed by atoms with Crippen molar-refractivity contribution in [1.82, 2.24) is 0 Å². The van der Waals surface area contributed by atoms with Crippen LogP contribution in [0.5, 0.6) is 0 Å². The molecule has 8 heteroatoms. The Morgan fingerprint density at radius 1 is 1.55 bits per heavy atom. The summed E-state index contributed by atoms with van der Waals surface area (Å²) in [5.41, 5.74) is -1.67. The van der Waals surface area contributed by atoms with Crippen LogP contribution in [0.25, 0.3) is 0 Å². The summed E-state index contributed by atoms with van der Waals surface area (Å²) < 4.78 is 38.2. The number of hydrogen-bond acceptors (Lipinski definition) is 6. The topological polar surface area (TPSA) is 92.7 Å². The number of ether oxygens (including phenoxy) is 2. The summed E-state index contributed by atoms with van der Waals surface area (Å²) in [5, 5.41) is 0. The van der Waals surface area contributed by atoms with Crippen LogP contribution in [0.1, 0.15) is 0 Å². The Hall–Kier alpha value is -0.223. The van der Waals surface area contributed by atoms with Gasteiger partial charge in [-0.25, -0.2) is 13.2 Å². The fourth-order valence-electron chi connectivity index (χ4n) is 0.454. The van der Waals surface area contributed by atoms with Crippen LogP contribution in [0, 0.1) is 0 Å². The molecule has 1 rings (SSSR count). The summed E-state index contributed by atoms with van der Waals surface area (Å²) in [7, 11) is -4.55. The maximum atomic E-state index is 10.1. The standard InChI is InChI=1S/C3H4O6S.Li/c4-3-8-1-2(9-3)10(5,6)7;/h2H,1H2,(H,5,6,7);/q;+1/p-1. The van der Waals surface area contributed by atoms with E-state index in [4.69, 9.17) is 0 Å². The average Bonchev–Trinajstić information content (AvgIpc) is 2.11. The molecule has 1 fully saturated rings. The molecule has 0 saturated carbocycles. The third-order valence-corrected chi connectivity index (χ3v) is 1.76. The summed E-state index contributed by atoms with van der Waals surface area (Å²) in [6.45, 7) is -0.509. The molecule has 0 bridgehead atoms. The molecule has 0 spiro atoms. The Kier molecular flexibility index (Phi) is 3.38. The number of carbonyl (C=O) groups excluding carboxylic acids is 1. The van der Waals surface area contributed by atoms with E-state index in [2.05, 4.69) is 9.47 Å². The Balaban J connectivity index is 0.000001000. The van der Waals surface area contributed by atoms with E-state index in [9.17, 15) is 17.8 Å². The van der Waals surface area contributed by atoms with Gasteiger partial charge in [-0.15, -0.1) is 0 Å². The van der Waals surface area contributed by atoms with Crippen molar-refractivity contribution in [3.63, 3.8) is 0 Å². The molecule has 0 aromatic carbocycles. The molecule has 1 aliphatic heterocycles. The van der Waals surface area contributed by atoms with Gasteiger partial charge in [0.05, 0.1) is 0 Å². The third kappa shape index (κ3) is 2.71. The van der Waals surface area contributed by atoms with Crippen molar-refractivity contribution in [2.45, 2.75) is 5.44 Å². The molecular formula is C3H3LiO6S. The van der Waals surface area contributed by atoms with Crippen LogP contribution in [0.3, 0.4) is 0 Å². The maximum absolute atomic E-state index is 10.1. The predicted molar refractivity (Wildman–Crippen MR) is 25.9 cm³/mol. The number of carbonyl (C=O) groups is 1. The molecule has 0 radical (unpaired) electrons. The molecule has 6 nitrogen and oxygen atoms in total. The normalized spacial score (nSPS) is 23.4. The molecular weight excluding hydrogens is 171 g/mol. The van der Waals surface area contributed by atoms with Crippen LogP contribution >= 0.6 is 0 Å². The van der Waals surface area contributed by atoms with Gasteiger partial charge in [-0.05, 0) is 0 Å². The van der Waals surface area contributed by atoms with Crippen LogP contribution in [0.4, 0.5) is 4.79 Å². The molecule has 0 aromatic heterocycles. The first-order valence-corrected chi connectivity index (χ1v) is 3.75. The van der Waals surface area contributed by atoms with E-state index in [0.717, 1.165) is 0 Å². The minimum Gasteiger partial charge on any atom is -0.745 e. The van der Waals surface area contributed by atoms with Gasteiger partial charge in [-0.1, -0.05) is 0 Å². The number of cyclic esters (lactones) is 2. The summed E-state index contributed by atoms with van der Waals surface area (Å²) in [6.07, 6.45) is -1.12. The molecule has 0 amide bonds. The second-order valence-electron chi connectivity index (χ2n) is 1.60. The molecule has 1 unspecified atom stereocenters. The second-order valence-corrected chi connectivity index (χ2v) is 3.11. The van der Waals surface area contributed by atoms with Crippen molar-refractivity contribution in [2.75, 3.05) is 6.61 Å². The largest absolute Gasteiger partial charge is 1.00 e. The Bertz CT molecular complexity index is 245. The fourth-order valence-corrected chi connectivity index (χ4v) is 0.885. The van der Waals surface area contributed by atoms with Gasteiger partial charge in [-0.3, -0.25) is 0 Å². The second kappa shape index (κ2) is 3.45. The molecule has 1 saturated heterocycles. The van der Waals surface area contributed by atoms with Gasteiger partial charge in [0.15, 0.2) is 0 Å². The summed E-state index contributed by atoms with van der Waals surface area (Å²) in [5.74, 6) is 0. The van der Waals surface area contributed by atoms with Crippen molar-refractivity contribution in [2.24, 2.45) is 0 Å². The van der Waals surface area contributed by atoms with Crippen LogP contribution in [0.2, 0.25) is 0 Å². The number of rotatable bonds is 1. The Morgan fingerprint density at radius 2 is 2.09 bits per heavy atom. The van der Waals surface area contributed by atoms with E-state index in [1.54, 1.807) is 0 Å². The minimum atomic E-state index is -4.55. The smallest absolute Gasteiger partial charge is 0.745 e. The van der Waals surface area contributed by atoms with Gasteiger partial charge < -0.3 is 14.0 Å². The monoisotopic (exact) mass is 174 g/mol. The van der Waals surface area contributed by atoms with Gasteiger partial charge in [0.25, 0.3) is 0 Å². The van der Waals surface area contributed by atoms with E-state index in [0.29, 0.717) is 0 Å². The van der Waals surface area contributed by atoms with E-state index in [-0.39, 0.29) is 18.9 Å². The fraction of sp³-hybridized carbons (Fsp3) is 0.667. The first kappa shape index (κ1) is 10.8. The van der Waals surface area contributed by atoms with E-state index in [1.165, 1.54) is 0 Å². The zero-order chi connectivity index (χ0) is 7.78. The zero-order valence-corrected chi connectivity index (χ0v) is 6.46. The molecule has 0 aliphatic carbocycles. The molecule has 0 aromatic rings. The van der Waals surface area contributed by atoms with Gasteiger partial charge >= 0.3 is 25.0 Å².